The van der Waals surface area contributed by atoms with E-state index >= 15 is 0 Å². The van der Waals surface area contributed by atoms with Gasteiger partial charge in [0.1, 0.15) is 6.07 Å². The zero-order chi connectivity index (χ0) is 14.5. The fourth-order valence-electron chi connectivity index (χ4n) is 2.91. The standard InChI is InChI=1S/C15H23N5/c1-12(2)9-20-7-4-13(11-20)10-19(3)15-14(8-16)17-5-6-18-15/h5-6,12-13H,4,7,9-11H2,1-3H3. The summed E-state index contributed by atoms with van der Waals surface area (Å²) in [6, 6.07) is 2.11. The van der Waals surface area contributed by atoms with Crippen LogP contribution in [0, 0.1) is 23.2 Å². The first kappa shape index (κ1) is 14.7. The summed E-state index contributed by atoms with van der Waals surface area (Å²) in [4.78, 5) is 13.0. The Morgan fingerprint density at radius 1 is 1.45 bits per heavy atom. The Labute approximate surface area is 121 Å². The van der Waals surface area contributed by atoms with Crippen molar-refractivity contribution in [2.45, 2.75) is 20.3 Å². The number of anilines is 1. The van der Waals surface area contributed by atoms with Crippen LogP contribution in [0.5, 0.6) is 0 Å². The molecule has 0 aromatic carbocycles. The molecular weight excluding hydrogens is 250 g/mol. The summed E-state index contributed by atoms with van der Waals surface area (Å²) < 4.78 is 0. The summed E-state index contributed by atoms with van der Waals surface area (Å²) in [7, 11) is 2.00. The van der Waals surface area contributed by atoms with Crippen molar-refractivity contribution in [3.63, 3.8) is 0 Å². The van der Waals surface area contributed by atoms with Gasteiger partial charge < -0.3 is 9.80 Å². The molecule has 1 fully saturated rings. The van der Waals surface area contributed by atoms with E-state index in [1.54, 1.807) is 12.4 Å². The number of hydrogen-bond acceptors (Lipinski definition) is 5. The first-order chi connectivity index (χ1) is 9.60. The van der Waals surface area contributed by atoms with Crippen LogP contribution in [0.3, 0.4) is 0 Å². The van der Waals surface area contributed by atoms with Crippen molar-refractivity contribution >= 4 is 5.82 Å². The van der Waals surface area contributed by atoms with Gasteiger partial charge in [0.2, 0.25) is 0 Å². The number of nitrogens with zero attached hydrogens (tertiary/aromatic N) is 5. The first-order valence-electron chi connectivity index (χ1n) is 7.24. The Kier molecular flexibility index (Phi) is 4.91. The molecule has 1 aromatic heterocycles. The molecule has 2 rings (SSSR count). The normalized spacial score (nSPS) is 19.2. The molecule has 0 bridgehead atoms. The van der Waals surface area contributed by atoms with Gasteiger partial charge in [-0.15, -0.1) is 0 Å². The molecule has 20 heavy (non-hydrogen) atoms. The van der Waals surface area contributed by atoms with Crippen molar-refractivity contribution in [3.05, 3.63) is 18.1 Å². The Morgan fingerprint density at radius 2 is 2.20 bits per heavy atom. The van der Waals surface area contributed by atoms with E-state index < -0.39 is 0 Å². The average molecular weight is 273 g/mol. The minimum absolute atomic E-state index is 0.409. The molecule has 1 aliphatic rings. The zero-order valence-corrected chi connectivity index (χ0v) is 12.6. The Hall–Kier alpha value is -1.67. The highest BCUT2D eigenvalue weighted by Gasteiger charge is 2.24. The molecule has 1 aromatic rings. The largest absolute Gasteiger partial charge is 0.357 e. The second-order valence-electron chi connectivity index (χ2n) is 6.03. The van der Waals surface area contributed by atoms with E-state index in [0.717, 1.165) is 19.0 Å². The van der Waals surface area contributed by atoms with Crippen molar-refractivity contribution in [1.82, 2.24) is 14.9 Å². The Morgan fingerprint density at radius 3 is 2.90 bits per heavy atom. The van der Waals surface area contributed by atoms with Gasteiger partial charge in [0.05, 0.1) is 0 Å². The van der Waals surface area contributed by atoms with Crippen LogP contribution < -0.4 is 4.90 Å². The SMILES string of the molecule is CC(C)CN1CCC(CN(C)c2nccnc2C#N)C1. The minimum atomic E-state index is 0.409. The molecule has 1 aliphatic heterocycles. The third-order valence-corrected chi connectivity index (χ3v) is 3.67. The van der Waals surface area contributed by atoms with Crippen LogP contribution in [0.25, 0.3) is 0 Å². The molecule has 5 nitrogen and oxygen atoms in total. The zero-order valence-electron chi connectivity index (χ0n) is 12.6. The molecule has 1 atom stereocenters. The molecule has 0 saturated carbocycles. The van der Waals surface area contributed by atoms with E-state index in [9.17, 15) is 0 Å². The molecule has 0 spiro atoms. The summed E-state index contributed by atoms with van der Waals surface area (Å²) in [5, 5.41) is 9.08. The molecule has 1 saturated heterocycles. The van der Waals surface area contributed by atoms with Gasteiger partial charge >= 0.3 is 0 Å². The van der Waals surface area contributed by atoms with Gasteiger partial charge in [0, 0.05) is 39.1 Å². The molecule has 0 amide bonds. The molecule has 108 valence electrons. The molecule has 5 heteroatoms. The molecule has 0 radical (unpaired) electrons. The molecular formula is C15H23N5. The van der Waals surface area contributed by atoms with E-state index in [2.05, 4.69) is 39.7 Å². The van der Waals surface area contributed by atoms with Crippen LogP contribution in [0.4, 0.5) is 5.82 Å². The van der Waals surface area contributed by atoms with Gasteiger partial charge in [-0.1, -0.05) is 13.8 Å². The lowest BCUT2D eigenvalue weighted by atomic mass is 10.1. The van der Waals surface area contributed by atoms with Crippen LogP contribution in [0.1, 0.15) is 26.0 Å². The minimum Gasteiger partial charge on any atom is -0.357 e. The summed E-state index contributed by atoms with van der Waals surface area (Å²) in [5.41, 5.74) is 0.409. The van der Waals surface area contributed by atoms with E-state index in [0.29, 0.717) is 17.4 Å². The van der Waals surface area contributed by atoms with E-state index in [4.69, 9.17) is 5.26 Å². The van der Waals surface area contributed by atoms with Crippen LogP contribution in [-0.2, 0) is 0 Å². The third kappa shape index (κ3) is 3.67. The summed E-state index contributed by atoms with van der Waals surface area (Å²) in [5.74, 6) is 2.06. The van der Waals surface area contributed by atoms with Crippen molar-refractivity contribution in [1.29, 1.82) is 5.26 Å². The fraction of sp³-hybridized carbons (Fsp3) is 0.667. The monoisotopic (exact) mass is 273 g/mol. The van der Waals surface area contributed by atoms with Crippen LogP contribution in [0.15, 0.2) is 12.4 Å². The highest BCUT2D eigenvalue weighted by Crippen LogP contribution is 2.21. The predicted molar refractivity (Wildman–Crippen MR) is 79.4 cm³/mol. The highest BCUT2D eigenvalue weighted by atomic mass is 15.2. The first-order valence-corrected chi connectivity index (χ1v) is 7.24. The summed E-state index contributed by atoms with van der Waals surface area (Å²) in [6.07, 6.45) is 4.43. The number of likely N-dealkylation sites (tertiary alicyclic amines) is 1. The maximum absolute atomic E-state index is 9.08. The van der Waals surface area contributed by atoms with Gasteiger partial charge in [-0.2, -0.15) is 5.26 Å². The molecule has 1 unspecified atom stereocenters. The van der Waals surface area contributed by atoms with Gasteiger partial charge in [-0.05, 0) is 24.8 Å². The number of hydrogen-bond donors (Lipinski definition) is 0. The fourth-order valence-corrected chi connectivity index (χ4v) is 2.91. The lowest BCUT2D eigenvalue weighted by Crippen LogP contribution is -2.30. The quantitative estimate of drug-likeness (QED) is 0.818. The number of nitriles is 1. The number of rotatable bonds is 5. The molecule has 2 heterocycles. The second kappa shape index (κ2) is 6.67. The van der Waals surface area contributed by atoms with Gasteiger partial charge in [0.15, 0.2) is 11.5 Å². The van der Waals surface area contributed by atoms with Crippen molar-refractivity contribution in [3.8, 4) is 6.07 Å². The van der Waals surface area contributed by atoms with Crippen molar-refractivity contribution in [2.24, 2.45) is 11.8 Å². The maximum atomic E-state index is 9.08. The Balaban J connectivity index is 1.93. The van der Waals surface area contributed by atoms with Crippen molar-refractivity contribution in [2.75, 3.05) is 38.1 Å². The van der Waals surface area contributed by atoms with Crippen LogP contribution >= 0.6 is 0 Å². The highest BCUT2D eigenvalue weighted by molar-refractivity contribution is 5.48. The van der Waals surface area contributed by atoms with E-state index in [-0.39, 0.29) is 0 Å². The predicted octanol–water partition coefficient (Wildman–Crippen LogP) is 1.76. The second-order valence-corrected chi connectivity index (χ2v) is 6.03. The maximum Gasteiger partial charge on any atom is 0.183 e. The number of aromatic nitrogens is 2. The van der Waals surface area contributed by atoms with Crippen LogP contribution in [-0.4, -0.2) is 48.1 Å². The third-order valence-electron chi connectivity index (χ3n) is 3.67. The summed E-state index contributed by atoms with van der Waals surface area (Å²) in [6.45, 7) is 8.96. The topological polar surface area (TPSA) is 56.1 Å². The lowest BCUT2D eigenvalue weighted by molar-refractivity contribution is 0.288. The molecule has 0 aliphatic carbocycles. The smallest absolute Gasteiger partial charge is 0.183 e. The van der Waals surface area contributed by atoms with Gasteiger partial charge in [-0.25, -0.2) is 9.97 Å². The Bertz CT molecular complexity index is 479. The summed E-state index contributed by atoms with van der Waals surface area (Å²) >= 11 is 0. The van der Waals surface area contributed by atoms with Gasteiger partial charge in [-0.3, -0.25) is 0 Å². The van der Waals surface area contributed by atoms with Crippen LogP contribution in [0.2, 0.25) is 0 Å². The van der Waals surface area contributed by atoms with Gasteiger partial charge in [0.25, 0.3) is 0 Å². The average Bonchev–Trinajstić information content (AvgIpc) is 2.85. The van der Waals surface area contributed by atoms with Crippen molar-refractivity contribution < 1.29 is 0 Å². The molecule has 0 N–H and O–H groups in total. The van der Waals surface area contributed by atoms with E-state index in [1.807, 2.05) is 7.05 Å². The lowest BCUT2D eigenvalue weighted by Gasteiger charge is -2.23. The van der Waals surface area contributed by atoms with E-state index in [1.165, 1.54) is 19.5 Å².